The number of carbonyl (C=O) groups is 2. The molecule has 6 heteroatoms. The lowest BCUT2D eigenvalue weighted by Gasteiger charge is -2.37. The molecule has 27 heavy (non-hydrogen) atoms. The van der Waals surface area contributed by atoms with E-state index in [1.54, 1.807) is 11.8 Å². The van der Waals surface area contributed by atoms with Crippen LogP contribution in [0.25, 0.3) is 0 Å². The van der Waals surface area contributed by atoms with Crippen molar-refractivity contribution in [3.05, 3.63) is 53.7 Å². The molecule has 0 bridgehead atoms. The van der Waals surface area contributed by atoms with Crippen LogP contribution in [0.2, 0.25) is 0 Å². The Bertz CT molecular complexity index is 837. The van der Waals surface area contributed by atoms with Gasteiger partial charge in [-0.05, 0) is 38.2 Å². The van der Waals surface area contributed by atoms with Gasteiger partial charge in [-0.3, -0.25) is 9.59 Å². The number of nitrogens with zero attached hydrogens (tertiary/aromatic N) is 3. The molecule has 2 aromatic rings. The average Bonchev–Trinajstić information content (AvgIpc) is 3.21. The average molecular weight is 367 g/mol. The number of carbonyl (C=O) groups excluding carboxylic acids is 2. The normalized spacial score (nSPS) is 21.9. The molecule has 6 nitrogen and oxygen atoms in total. The van der Waals surface area contributed by atoms with Gasteiger partial charge in [-0.1, -0.05) is 30.3 Å². The summed E-state index contributed by atoms with van der Waals surface area (Å²) in [5.74, 6) is 0.411. The van der Waals surface area contributed by atoms with Gasteiger partial charge in [0.2, 0.25) is 11.7 Å². The van der Waals surface area contributed by atoms with Crippen LogP contribution >= 0.6 is 0 Å². The first-order valence-corrected chi connectivity index (χ1v) is 9.51. The SMILES string of the molecule is Cc1ncoc1C(=O)N1CCC2(CC1)C[C@@H](Cc1ccccc1)N(C)C2=O. The Hall–Kier alpha value is -2.63. The van der Waals surface area contributed by atoms with Gasteiger partial charge in [-0.25, -0.2) is 4.98 Å². The van der Waals surface area contributed by atoms with Crippen LogP contribution in [-0.4, -0.2) is 52.8 Å². The van der Waals surface area contributed by atoms with Gasteiger partial charge in [0.25, 0.3) is 5.91 Å². The van der Waals surface area contributed by atoms with Crippen LogP contribution in [-0.2, 0) is 11.2 Å². The molecule has 0 radical (unpaired) electrons. The third-order valence-corrected chi connectivity index (χ3v) is 6.21. The van der Waals surface area contributed by atoms with Crippen LogP contribution in [0, 0.1) is 12.3 Å². The molecular weight excluding hydrogens is 342 g/mol. The van der Waals surface area contributed by atoms with Gasteiger partial charge in [0.05, 0.1) is 11.1 Å². The zero-order valence-corrected chi connectivity index (χ0v) is 15.9. The second-order valence-electron chi connectivity index (χ2n) is 7.80. The topological polar surface area (TPSA) is 66.7 Å². The molecule has 2 saturated heterocycles. The minimum atomic E-state index is -0.332. The van der Waals surface area contributed by atoms with E-state index in [1.807, 2.05) is 30.1 Å². The number of benzene rings is 1. The number of piperidine rings is 1. The first kappa shape index (κ1) is 17.8. The molecule has 1 spiro atoms. The van der Waals surface area contributed by atoms with Crippen LogP contribution in [0.5, 0.6) is 0 Å². The van der Waals surface area contributed by atoms with E-state index in [-0.39, 0.29) is 23.3 Å². The van der Waals surface area contributed by atoms with E-state index in [2.05, 4.69) is 17.1 Å². The molecule has 1 aromatic heterocycles. The number of likely N-dealkylation sites (tertiary alicyclic amines) is 2. The van der Waals surface area contributed by atoms with Gasteiger partial charge in [0.15, 0.2) is 6.39 Å². The van der Waals surface area contributed by atoms with Gasteiger partial charge < -0.3 is 14.2 Å². The zero-order chi connectivity index (χ0) is 19.0. The molecule has 0 N–H and O–H groups in total. The number of hydrogen-bond donors (Lipinski definition) is 0. The summed E-state index contributed by atoms with van der Waals surface area (Å²) in [7, 11) is 1.92. The summed E-state index contributed by atoms with van der Waals surface area (Å²) in [6.07, 6.45) is 4.46. The smallest absolute Gasteiger partial charge is 0.291 e. The number of oxazole rings is 1. The predicted molar refractivity (Wildman–Crippen MR) is 100 cm³/mol. The van der Waals surface area contributed by atoms with E-state index in [0.717, 1.165) is 12.8 Å². The lowest BCUT2D eigenvalue weighted by atomic mass is 9.75. The monoisotopic (exact) mass is 367 g/mol. The molecule has 2 fully saturated rings. The molecule has 142 valence electrons. The van der Waals surface area contributed by atoms with Crippen molar-refractivity contribution in [1.29, 1.82) is 0 Å². The quantitative estimate of drug-likeness (QED) is 0.837. The van der Waals surface area contributed by atoms with E-state index >= 15 is 0 Å². The Morgan fingerprint density at radius 3 is 2.59 bits per heavy atom. The molecular formula is C21H25N3O3. The molecule has 1 aromatic carbocycles. The van der Waals surface area contributed by atoms with Crippen molar-refractivity contribution in [3.8, 4) is 0 Å². The summed E-state index contributed by atoms with van der Waals surface area (Å²) in [5, 5.41) is 0. The molecule has 4 rings (SSSR count). The molecule has 1 atom stereocenters. The second-order valence-corrected chi connectivity index (χ2v) is 7.80. The highest BCUT2D eigenvalue weighted by Crippen LogP contribution is 2.44. The van der Waals surface area contributed by atoms with E-state index in [0.29, 0.717) is 37.4 Å². The van der Waals surface area contributed by atoms with E-state index in [1.165, 1.54) is 12.0 Å². The van der Waals surface area contributed by atoms with Gasteiger partial charge >= 0.3 is 0 Å². The first-order valence-electron chi connectivity index (χ1n) is 9.51. The Kier molecular flexibility index (Phi) is 4.50. The largest absolute Gasteiger partial charge is 0.438 e. The highest BCUT2D eigenvalue weighted by molar-refractivity contribution is 5.93. The number of aromatic nitrogens is 1. The minimum absolute atomic E-state index is 0.125. The van der Waals surface area contributed by atoms with Crippen LogP contribution in [0.3, 0.4) is 0 Å². The van der Waals surface area contributed by atoms with Crippen LogP contribution in [0.1, 0.15) is 41.1 Å². The Labute approximate surface area is 159 Å². The summed E-state index contributed by atoms with van der Waals surface area (Å²) in [6, 6.07) is 10.5. The van der Waals surface area contributed by atoms with Crippen LogP contribution in [0.4, 0.5) is 0 Å². The molecule has 0 saturated carbocycles. The molecule has 0 unspecified atom stereocenters. The van der Waals surface area contributed by atoms with Gasteiger partial charge in [-0.2, -0.15) is 0 Å². The minimum Gasteiger partial charge on any atom is -0.438 e. The van der Waals surface area contributed by atoms with Crippen molar-refractivity contribution in [3.63, 3.8) is 0 Å². The lowest BCUT2D eigenvalue weighted by Crippen LogP contribution is -2.46. The summed E-state index contributed by atoms with van der Waals surface area (Å²) in [4.78, 5) is 33.4. The molecule has 2 aliphatic rings. The highest BCUT2D eigenvalue weighted by atomic mass is 16.3. The summed E-state index contributed by atoms with van der Waals surface area (Å²) >= 11 is 0. The number of hydrogen-bond acceptors (Lipinski definition) is 4. The van der Waals surface area contributed by atoms with Gasteiger partial charge in [-0.15, -0.1) is 0 Å². The number of amides is 2. The fraction of sp³-hybridized carbons (Fsp3) is 0.476. The molecule has 2 amide bonds. The summed E-state index contributed by atoms with van der Waals surface area (Å²) < 4.78 is 5.24. The van der Waals surface area contributed by atoms with E-state index < -0.39 is 0 Å². The van der Waals surface area contributed by atoms with Crippen molar-refractivity contribution in [2.75, 3.05) is 20.1 Å². The predicted octanol–water partition coefficient (Wildman–Crippen LogP) is 2.68. The zero-order valence-electron chi connectivity index (χ0n) is 15.9. The third-order valence-electron chi connectivity index (χ3n) is 6.21. The second kappa shape index (κ2) is 6.83. The van der Waals surface area contributed by atoms with Crippen molar-refractivity contribution >= 4 is 11.8 Å². The Morgan fingerprint density at radius 2 is 1.96 bits per heavy atom. The van der Waals surface area contributed by atoms with Crippen molar-refractivity contribution in [1.82, 2.24) is 14.8 Å². The molecule has 3 heterocycles. The van der Waals surface area contributed by atoms with Crippen LogP contribution in [0.15, 0.2) is 41.1 Å². The maximum Gasteiger partial charge on any atom is 0.291 e. The lowest BCUT2D eigenvalue weighted by molar-refractivity contribution is -0.137. The standard InChI is InChI=1S/C21H25N3O3/c1-15-18(27-14-22-15)19(25)24-10-8-21(9-11-24)13-17(23(2)20(21)26)12-16-6-4-3-5-7-16/h3-7,14,17H,8-13H2,1-2H3/t17-/m1/s1. The van der Waals surface area contributed by atoms with Crippen molar-refractivity contribution in [2.24, 2.45) is 5.41 Å². The van der Waals surface area contributed by atoms with Gasteiger partial charge in [0, 0.05) is 26.2 Å². The van der Waals surface area contributed by atoms with Crippen molar-refractivity contribution < 1.29 is 14.0 Å². The molecule has 2 aliphatic heterocycles. The van der Waals surface area contributed by atoms with E-state index in [4.69, 9.17) is 4.42 Å². The van der Waals surface area contributed by atoms with E-state index in [9.17, 15) is 9.59 Å². The van der Waals surface area contributed by atoms with Gasteiger partial charge in [0.1, 0.15) is 0 Å². The summed E-state index contributed by atoms with van der Waals surface area (Å²) in [5.41, 5.74) is 1.54. The third kappa shape index (κ3) is 3.13. The summed E-state index contributed by atoms with van der Waals surface area (Å²) in [6.45, 7) is 2.93. The maximum absolute atomic E-state index is 13.0. The first-order chi connectivity index (χ1) is 13.0. The number of rotatable bonds is 3. The molecule has 0 aliphatic carbocycles. The number of aryl methyl sites for hydroxylation is 1. The highest BCUT2D eigenvalue weighted by Gasteiger charge is 2.51. The fourth-order valence-electron chi connectivity index (χ4n) is 4.52. The van der Waals surface area contributed by atoms with Crippen LogP contribution < -0.4 is 0 Å². The Morgan fingerprint density at radius 1 is 1.26 bits per heavy atom. The fourth-order valence-corrected chi connectivity index (χ4v) is 4.52. The van der Waals surface area contributed by atoms with Crippen molar-refractivity contribution in [2.45, 2.75) is 38.6 Å². The number of likely N-dealkylation sites (N-methyl/N-ethyl adjacent to an activating group) is 1. The Balaban J connectivity index is 1.43. The maximum atomic E-state index is 13.0.